The molecule has 0 spiro atoms. The van der Waals surface area contributed by atoms with Crippen molar-refractivity contribution in [1.82, 2.24) is 0 Å². The number of aryl methyl sites for hydroxylation is 2. The monoisotopic (exact) mass is 226 g/mol. The molecular weight excluding hydrogens is 208 g/mol. The number of phenols is 1. The molecule has 0 saturated carbocycles. The van der Waals surface area contributed by atoms with E-state index in [1.807, 2.05) is 25.1 Å². The Morgan fingerprint density at radius 3 is 2.80 bits per heavy atom. The summed E-state index contributed by atoms with van der Waals surface area (Å²) in [5.41, 5.74) is 1.97. The molecule has 0 fully saturated rings. The molecule has 84 valence electrons. The maximum Gasteiger partial charge on any atom is 0.121 e. The first-order valence-electron chi connectivity index (χ1n) is 5.21. The van der Waals surface area contributed by atoms with E-state index in [9.17, 15) is 5.11 Å². The van der Waals surface area contributed by atoms with Gasteiger partial charge in [0, 0.05) is 5.75 Å². The Labute approximate surface area is 95.3 Å². The molecule has 0 bridgehead atoms. The van der Waals surface area contributed by atoms with Crippen molar-refractivity contribution in [3.63, 3.8) is 0 Å². The Balaban J connectivity index is 2.34. The van der Waals surface area contributed by atoms with Crippen LogP contribution < -0.4 is 0 Å². The summed E-state index contributed by atoms with van der Waals surface area (Å²) in [6, 6.07) is 5.86. The van der Waals surface area contributed by atoms with Crippen LogP contribution >= 0.6 is 11.8 Å². The summed E-state index contributed by atoms with van der Waals surface area (Å²) in [6.07, 6.45) is 1.95. The molecule has 0 amide bonds. The van der Waals surface area contributed by atoms with Crippen molar-refractivity contribution in [3.05, 3.63) is 29.3 Å². The van der Waals surface area contributed by atoms with Crippen molar-refractivity contribution in [2.45, 2.75) is 19.8 Å². The van der Waals surface area contributed by atoms with Gasteiger partial charge in [0.2, 0.25) is 0 Å². The van der Waals surface area contributed by atoms with Crippen LogP contribution in [0.2, 0.25) is 0 Å². The number of para-hydroxylation sites is 1. The molecule has 0 aliphatic carbocycles. The third-order valence-electron chi connectivity index (χ3n) is 2.29. The number of phenolic OH excluding ortho intramolecular Hbond substituents is 1. The minimum Gasteiger partial charge on any atom is -0.507 e. The molecule has 0 saturated heterocycles. The lowest BCUT2D eigenvalue weighted by molar-refractivity contribution is 0.322. The maximum absolute atomic E-state index is 9.75. The molecule has 3 heteroatoms. The van der Waals surface area contributed by atoms with E-state index >= 15 is 0 Å². The van der Waals surface area contributed by atoms with Crippen LogP contribution in [0.25, 0.3) is 0 Å². The fraction of sp³-hybridized carbons (Fsp3) is 0.500. The number of hydrogen-bond donors (Lipinski definition) is 2. The van der Waals surface area contributed by atoms with E-state index in [4.69, 9.17) is 5.11 Å². The smallest absolute Gasteiger partial charge is 0.121 e. The van der Waals surface area contributed by atoms with Crippen LogP contribution in [0.15, 0.2) is 18.2 Å². The summed E-state index contributed by atoms with van der Waals surface area (Å²) >= 11 is 1.75. The first kappa shape index (κ1) is 12.4. The van der Waals surface area contributed by atoms with Gasteiger partial charge in [-0.1, -0.05) is 18.2 Å². The van der Waals surface area contributed by atoms with Gasteiger partial charge in [-0.2, -0.15) is 11.8 Å². The van der Waals surface area contributed by atoms with Gasteiger partial charge in [0.1, 0.15) is 5.75 Å². The number of thioether (sulfide) groups is 1. The zero-order chi connectivity index (χ0) is 11.1. The third-order valence-corrected chi connectivity index (χ3v) is 3.34. The Morgan fingerprint density at radius 2 is 2.07 bits per heavy atom. The maximum atomic E-state index is 9.75. The predicted octanol–water partition coefficient (Wildman–Crippen LogP) is 2.36. The average molecular weight is 226 g/mol. The van der Waals surface area contributed by atoms with Gasteiger partial charge in [-0.05, 0) is 36.6 Å². The molecule has 2 nitrogen and oxygen atoms in total. The van der Waals surface area contributed by atoms with E-state index in [1.54, 1.807) is 11.8 Å². The van der Waals surface area contributed by atoms with Gasteiger partial charge in [0.05, 0.1) is 6.61 Å². The zero-order valence-corrected chi connectivity index (χ0v) is 9.89. The molecule has 2 N–H and O–H groups in total. The molecule has 0 radical (unpaired) electrons. The molecule has 1 aromatic carbocycles. The van der Waals surface area contributed by atoms with Crippen molar-refractivity contribution in [2.24, 2.45) is 0 Å². The lowest BCUT2D eigenvalue weighted by Gasteiger charge is -2.06. The molecule has 0 unspecified atom stereocenters. The van der Waals surface area contributed by atoms with Crippen molar-refractivity contribution >= 4 is 11.8 Å². The predicted molar refractivity (Wildman–Crippen MR) is 65.6 cm³/mol. The van der Waals surface area contributed by atoms with Crippen LogP contribution in [-0.2, 0) is 6.42 Å². The fourth-order valence-electron chi connectivity index (χ4n) is 1.45. The highest BCUT2D eigenvalue weighted by atomic mass is 32.2. The number of hydrogen-bond acceptors (Lipinski definition) is 3. The van der Waals surface area contributed by atoms with Gasteiger partial charge in [-0.3, -0.25) is 0 Å². The van der Waals surface area contributed by atoms with Gasteiger partial charge in [0.15, 0.2) is 0 Å². The van der Waals surface area contributed by atoms with Crippen LogP contribution in [0.3, 0.4) is 0 Å². The van der Waals surface area contributed by atoms with E-state index in [0.717, 1.165) is 35.5 Å². The number of aromatic hydroxyl groups is 1. The quantitative estimate of drug-likeness (QED) is 0.732. The molecule has 15 heavy (non-hydrogen) atoms. The van der Waals surface area contributed by atoms with Crippen LogP contribution in [0, 0.1) is 6.92 Å². The van der Waals surface area contributed by atoms with Crippen LogP contribution in [-0.4, -0.2) is 28.3 Å². The molecule has 0 aliphatic heterocycles. The summed E-state index contributed by atoms with van der Waals surface area (Å²) in [4.78, 5) is 0. The fourth-order valence-corrected chi connectivity index (χ4v) is 2.13. The Bertz CT molecular complexity index is 300. The van der Waals surface area contributed by atoms with Crippen molar-refractivity contribution in [3.8, 4) is 5.75 Å². The average Bonchev–Trinajstić information content (AvgIpc) is 2.24. The SMILES string of the molecule is Cc1cccc(CCCSCCO)c1O. The largest absolute Gasteiger partial charge is 0.507 e. The Hall–Kier alpha value is -0.670. The summed E-state index contributed by atoms with van der Waals surface area (Å²) < 4.78 is 0. The first-order chi connectivity index (χ1) is 7.25. The van der Waals surface area contributed by atoms with Gasteiger partial charge >= 0.3 is 0 Å². The lowest BCUT2D eigenvalue weighted by Crippen LogP contribution is -1.92. The first-order valence-corrected chi connectivity index (χ1v) is 6.37. The standard InChI is InChI=1S/C12H18O2S/c1-10-4-2-5-11(12(10)14)6-3-8-15-9-7-13/h2,4-5,13-14H,3,6-9H2,1H3. The number of benzene rings is 1. The highest BCUT2D eigenvalue weighted by Gasteiger charge is 2.02. The molecule has 1 aromatic rings. The van der Waals surface area contributed by atoms with Crippen LogP contribution in [0.4, 0.5) is 0 Å². The van der Waals surface area contributed by atoms with E-state index in [0.29, 0.717) is 5.75 Å². The summed E-state index contributed by atoms with van der Waals surface area (Å²) in [5, 5.41) is 18.4. The molecule has 0 atom stereocenters. The molecule has 0 heterocycles. The molecule has 0 aliphatic rings. The highest BCUT2D eigenvalue weighted by molar-refractivity contribution is 7.99. The van der Waals surface area contributed by atoms with Gasteiger partial charge in [-0.15, -0.1) is 0 Å². The molecular formula is C12H18O2S. The summed E-state index contributed by atoms with van der Waals surface area (Å²) in [6.45, 7) is 2.17. The van der Waals surface area contributed by atoms with Gasteiger partial charge < -0.3 is 10.2 Å². The minimum absolute atomic E-state index is 0.250. The number of aliphatic hydroxyl groups is 1. The second-order valence-electron chi connectivity index (χ2n) is 3.52. The zero-order valence-electron chi connectivity index (χ0n) is 9.07. The van der Waals surface area contributed by atoms with Gasteiger partial charge in [-0.25, -0.2) is 0 Å². The van der Waals surface area contributed by atoms with Crippen molar-refractivity contribution < 1.29 is 10.2 Å². The molecule has 0 aromatic heterocycles. The van der Waals surface area contributed by atoms with Crippen molar-refractivity contribution in [2.75, 3.05) is 18.1 Å². The van der Waals surface area contributed by atoms with E-state index in [2.05, 4.69) is 0 Å². The minimum atomic E-state index is 0.250. The number of aliphatic hydroxyl groups excluding tert-OH is 1. The van der Waals surface area contributed by atoms with Crippen LogP contribution in [0.5, 0.6) is 5.75 Å². The van der Waals surface area contributed by atoms with Gasteiger partial charge in [0.25, 0.3) is 0 Å². The van der Waals surface area contributed by atoms with E-state index < -0.39 is 0 Å². The second kappa shape index (κ2) is 6.75. The lowest BCUT2D eigenvalue weighted by atomic mass is 10.1. The van der Waals surface area contributed by atoms with E-state index in [-0.39, 0.29) is 6.61 Å². The van der Waals surface area contributed by atoms with Crippen molar-refractivity contribution in [1.29, 1.82) is 0 Å². The summed E-state index contributed by atoms with van der Waals surface area (Å²) in [5.74, 6) is 2.28. The third kappa shape index (κ3) is 4.14. The Kier molecular flexibility index (Phi) is 5.58. The Morgan fingerprint density at radius 1 is 1.27 bits per heavy atom. The number of rotatable bonds is 6. The summed E-state index contributed by atoms with van der Waals surface area (Å²) in [7, 11) is 0. The van der Waals surface area contributed by atoms with Crippen LogP contribution in [0.1, 0.15) is 17.5 Å². The molecule has 1 rings (SSSR count). The highest BCUT2D eigenvalue weighted by Crippen LogP contribution is 2.22. The second-order valence-corrected chi connectivity index (χ2v) is 4.75. The van der Waals surface area contributed by atoms with E-state index in [1.165, 1.54) is 0 Å². The normalized spacial score (nSPS) is 10.5. The topological polar surface area (TPSA) is 40.5 Å².